The molecule has 0 saturated heterocycles. The van der Waals surface area contributed by atoms with E-state index in [-0.39, 0.29) is 11.1 Å². The number of aryl methyl sites for hydroxylation is 1. The quantitative estimate of drug-likeness (QED) is 0.622. The molecule has 0 radical (unpaired) electrons. The molecule has 0 spiro atoms. The van der Waals surface area contributed by atoms with Gasteiger partial charge in [0, 0.05) is 18.8 Å². The van der Waals surface area contributed by atoms with Crippen molar-refractivity contribution in [3.8, 4) is 0 Å². The zero-order chi connectivity index (χ0) is 14.2. The maximum absolute atomic E-state index is 13.1. The highest BCUT2D eigenvalue weighted by Gasteiger charge is 2.34. The van der Waals surface area contributed by atoms with E-state index in [0.717, 1.165) is 6.07 Å². The molecule has 7 heteroatoms. The highest BCUT2D eigenvalue weighted by atomic mass is 19.4. The van der Waals surface area contributed by atoms with Gasteiger partial charge in [-0.3, -0.25) is 9.48 Å². The van der Waals surface area contributed by atoms with Gasteiger partial charge in [-0.1, -0.05) is 0 Å². The third-order valence-electron chi connectivity index (χ3n) is 2.50. The summed E-state index contributed by atoms with van der Waals surface area (Å²) in [6.45, 7) is 0. The van der Waals surface area contributed by atoms with Crippen LogP contribution in [0.1, 0.15) is 21.5 Å². The Hall–Kier alpha value is -2.18. The predicted molar refractivity (Wildman–Crippen MR) is 58.0 cm³/mol. The minimum Gasteiger partial charge on any atom is -0.288 e. The molecular weight excluding hydrogens is 264 g/mol. The first-order valence-corrected chi connectivity index (χ1v) is 5.19. The molecule has 0 aliphatic carbocycles. The average Bonchev–Trinajstić information content (AvgIpc) is 2.74. The first kappa shape index (κ1) is 13.3. The van der Waals surface area contributed by atoms with Gasteiger partial charge in [-0.2, -0.15) is 18.3 Å². The molecular formula is C12H8F4N2O. The van der Waals surface area contributed by atoms with Crippen molar-refractivity contribution in [1.82, 2.24) is 9.78 Å². The number of ketones is 1. The maximum Gasteiger partial charge on any atom is 0.419 e. The predicted octanol–water partition coefficient (Wildman–Crippen LogP) is 2.81. The molecule has 0 fully saturated rings. The molecule has 0 aliphatic rings. The summed E-state index contributed by atoms with van der Waals surface area (Å²) in [4.78, 5) is 11.9. The van der Waals surface area contributed by atoms with Crippen LogP contribution in [0, 0.1) is 5.82 Å². The van der Waals surface area contributed by atoms with Crippen LogP contribution in [0.15, 0.2) is 30.6 Å². The van der Waals surface area contributed by atoms with Crippen molar-refractivity contribution in [2.24, 2.45) is 7.05 Å². The lowest BCUT2D eigenvalue weighted by Crippen LogP contribution is -2.10. The molecule has 0 amide bonds. The van der Waals surface area contributed by atoms with E-state index in [4.69, 9.17) is 0 Å². The number of halogens is 4. The van der Waals surface area contributed by atoms with Crippen LogP contribution in [0.2, 0.25) is 0 Å². The van der Waals surface area contributed by atoms with Crippen LogP contribution in [0.25, 0.3) is 0 Å². The summed E-state index contributed by atoms with van der Waals surface area (Å²) in [6.07, 6.45) is -2.23. The molecule has 0 aliphatic heterocycles. The number of carbonyl (C=O) groups excluding carboxylic acids is 1. The Bertz CT molecular complexity index is 631. The number of aromatic nitrogens is 2. The summed E-state index contributed by atoms with van der Waals surface area (Å²) < 4.78 is 52.0. The minimum absolute atomic E-state index is 0.141. The molecule has 1 aromatic carbocycles. The van der Waals surface area contributed by atoms with E-state index >= 15 is 0 Å². The second-order valence-electron chi connectivity index (χ2n) is 3.92. The minimum atomic E-state index is -4.84. The molecule has 2 rings (SSSR count). The lowest BCUT2D eigenvalue weighted by Gasteiger charge is -2.09. The Morgan fingerprint density at radius 3 is 2.47 bits per heavy atom. The van der Waals surface area contributed by atoms with E-state index in [9.17, 15) is 22.4 Å². The summed E-state index contributed by atoms with van der Waals surface area (Å²) in [5, 5.41) is 3.75. The molecule has 0 unspecified atom stereocenters. The first-order chi connectivity index (χ1) is 8.79. The van der Waals surface area contributed by atoms with E-state index in [1.165, 1.54) is 17.1 Å². The molecule has 0 bridgehead atoms. The third-order valence-corrected chi connectivity index (χ3v) is 2.50. The summed E-state index contributed by atoms with van der Waals surface area (Å²) in [5.41, 5.74) is -1.55. The van der Waals surface area contributed by atoms with E-state index in [2.05, 4.69) is 5.10 Å². The lowest BCUT2D eigenvalue weighted by molar-refractivity contribution is -0.140. The third kappa shape index (κ3) is 2.64. The smallest absolute Gasteiger partial charge is 0.288 e. The van der Waals surface area contributed by atoms with Crippen LogP contribution < -0.4 is 0 Å². The van der Waals surface area contributed by atoms with Gasteiger partial charge >= 0.3 is 6.18 Å². The van der Waals surface area contributed by atoms with Crippen LogP contribution in [0.3, 0.4) is 0 Å². The Balaban J connectivity index is 2.44. The van der Waals surface area contributed by atoms with E-state index in [0.29, 0.717) is 12.1 Å². The van der Waals surface area contributed by atoms with Crippen molar-refractivity contribution in [1.29, 1.82) is 0 Å². The molecule has 1 aromatic heterocycles. The van der Waals surface area contributed by atoms with Crippen LogP contribution in [-0.2, 0) is 13.2 Å². The topological polar surface area (TPSA) is 34.9 Å². The molecule has 3 nitrogen and oxygen atoms in total. The molecule has 0 N–H and O–H groups in total. The second kappa shape index (κ2) is 4.49. The number of hydrogen-bond acceptors (Lipinski definition) is 2. The second-order valence-corrected chi connectivity index (χ2v) is 3.92. The van der Waals surface area contributed by atoms with Gasteiger partial charge in [0.05, 0.1) is 17.3 Å². The van der Waals surface area contributed by atoms with E-state index < -0.39 is 23.3 Å². The van der Waals surface area contributed by atoms with E-state index in [1.807, 2.05) is 0 Å². The fraction of sp³-hybridized carbons (Fsp3) is 0.167. The largest absolute Gasteiger partial charge is 0.419 e. The van der Waals surface area contributed by atoms with Gasteiger partial charge in [0.2, 0.25) is 0 Å². The van der Waals surface area contributed by atoms with Crippen LogP contribution in [-0.4, -0.2) is 15.6 Å². The standard InChI is InChI=1S/C12H8F4N2O/c1-18-6-8(5-17-18)11(19)7-2-3-10(13)9(4-7)12(14,15)16/h2-6H,1H3. The Morgan fingerprint density at radius 1 is 1.26 bits per heavy atom. The highest BCUT2D eigenvalue weighted by Crippen LogP contribution is 2.32. The highest BCUT2D eigenvalue weighted by molar-refractivity contribution is 6.08. The summed E-state index contributed by atoms with van der Waals surface area (Å²) in [7, 11) is 1.57. The normalized spacial score (nSPS) is 11.6. The molecule has 2 aromatic rings. The first-order valence-electron chi connectivity index (χ1n) is 5.19. The molecule has 100 valence electrons. The van der Waals surface area contributed by atoms with E-state index in [1.54, 1.807) is 7.05 Å². The van der Waals surface area contributed by atoms with Crippen molar-refractivity contribution >= 4 is 5.78 Å². The number of benzene rings is 1. The number of rotatable bonds is 2. The summed E-state index contributed by atoms with van der Waals surface area (Å²) in [6, 6.07) is 2.15. The van der Waals surface area contributed by atoms with Crippen molar-refractivity contribution in [2.75, 3.05) is 0 Å². The zero-order valence-corrected chi connectivity index (χ0v) is 9.70. The van der Waals surface area contributed by atoms with Gasteiger partial charge in [-0.05, 0) is 18.2 Å². The fourth-order valence-electron chi connectivity index (χ4n) is 1.59. The molecule has 19 heavy (non-hydrogen) atoms. The van der Waals surface area contributed by atoms with Gasteiger partial charge in [-0.15, -0.1) is 0 Å². The van der Waals surface area contributed by atoms with Gasteiger partial charge in [-0.25, -0.2) is 4.39 Å². The Kier molecular flexibility index (Phi) is 3.13. The summed E-state index contributed by atoms with van der Waals surface area (Å²) in [5.74, 6) is -2.05. The molecule has 0 saturated carbocycles. The van der Waals surface area contributed by atoms with Crippen LogP contribution in [0.5, 0.6) is 0 Å². The molecule has 1 heterocycles. The monoisotopic (exact) mass is 272 g/mol. The molecule has 0 atom stereocenters. The van der Waals surface area contributed by atoms with Gasteiger partial charge in [0.25, 0.3) is 0 Å². The van der Waals surface area contributed by atoms with Gasteiger partial charge in [0.15, 0.2) is 5.78 Å². The van der Waals surface area contributed by atoms with Gasteiger partial charge < -0.3 is 0 Å². The van der Waals surface area contributed by atoms with Crippen molar-refractivity contribution in [3.05, 3.63) is 53.1 Å². The van der Waals surface area contributed by atoms with Crippen LogP contribution >= 0.6 is 0 Å². The van der Waals surface area contributed by atoms with Crippen molar-refractivity contribution in [2.45, 2.75) is 6.18 Å². The Morgan fingerprint density at radius 2 is 1.95 bits per heavy atom. The van der Waals surface area contributed by atoms with Crippen molar-refractivity contribution < 1.29 is 22.4 Å². The fourth-order valence-corrected chi connectivity index (χ4v) is 1.59. The maximum atomic E-state index is 13.1. The number of alkyl halides is 3. The SMILES string of the molecule is Cn1cc(C(=O)c2ccc(F)c(C(F)(F)F)c2)cn1. The lowest BCUT2D eigenvalue weighted by atomic mass is 10.0. The Labute approximate surface area is 105 Å². The van der Waals surface area contributed by atoms with Crippen LogP contribution in [0.4, 0.5) is 17.6 Å². The average molecular weight is 272 g/mol. The van der Waals surface area contributed by atoms with Crippen molar-refractivity contribution in [3.63, 3.8) is 0 Å². The number of nitrogens with zero attached hydrogens (tertiary/aromatic N) is 2. The van der Waals surface area contributed by atoms with Gasteiger partial charge in [0.1, 0.15) is 5.82 Å². The number of carbonyl (C=O) groups is 1. The zero-order valence-electron chi connectivity index (χ0n) is 9.70. The number of hydrogen-bond donors (Lipinski definition) is 0. The summed E-state index contributed by atoms with van der Waals surface area (Å²) >= 11 is 0.